The quantitative estimate of drug-likeness (QED) is 0.821. The molecule has 1 N–H and O–H groups in total. The fourth-order valence-electron chi connectivity index (χ4n) is 2.62. The molecular weight excluding hydrogens is 186 g/mol. The normalized spacial score (nSPS) is 26.0. The predicted octanol–water partition coefficient (Wildman–Crippen LogP) is 2.28. The van der Waals surface area contributed by atoms with Gasteiger partial charge in [-0.15, -0.1) is 0 Å². The van der Waals surface area contributed by atoms with Gasteiger partial charge in [-0.05, 0) is 32.7 Å². The second-order valence-corrected chi connectivity index (χ2v) is 4.45. The first-order valence-electron chi connectivity index (χ1n) is 6.08. The zero-order chi connectivity index (χ0) is 10.7. The van der Waals surface area contributed by atoms with E-state index in [0.717, 1.165) is 13.1 Å². The first-order valence-corrected chi connectivity index (χ1v) is 6.08. The molecule has 1 aliphatic heterocycles. The van der Waals surface area contributed by atoms with E-state index in [9.17, 15) is 0 Å². The molecule has 0 saturated carbocycles. The summed E-state index contributed by atoms with van der Waals surface area (Å²) in [6, 6.07) is 0. The fourth-order valence-corrected chi connectivity index (χ4v) is 2.62. The Labute approximate surface area is 91.9 Å². The van der Waals surface area contributed by atoms with Crippen molar-refractivity contribution in [3.63, 3.8) is 0 Å². The lowest BCUT2D eigenvalue weighted by Gasteiger charge is -2.28. The van der Waals surface area contributed by atoms with Crippen molar-refractivity contribution in [2.24, 2.45) is 0 Å². The number of rotatable bonds is 4. The van der Waals surface area contributed by atoms with Crippen LogP contribution >= 0.6 is 0 Å². The van der Waals surface area contributed by atoms with Crippen LogP contribution in [-0.4, -0.2) is 16.3 Å². The van der Waals surface area contributed by atoms with Crippen LogP contribution in [0.4, 0.5) is 0 Å². The van der Waals surface area contributed by atoms with E-state index in [1.165, 1.54) is 31.2 Å². The van der Waals surface area contributed by atoms with E-state index in [1.807, 2.05) is 10.9 Å². The molecule has 1 saturated heterocycles. The molecule has 15 heavy (non-hydrogen) atoms. The minimum Gasteiger partial charge on any atom is -0.307 e. The first-order chi connectivity index (χ1) is 7.30. The van der Waals surface area contributed by atoms with Crippen LogP contribution in [0, 0.1) is 0 Å². The molecule has 1 aliphatic rings. The van der Waals surface area contributed by atoms with Gasteiger partial charge in [0, 0.05) is 23.8 Å². The van der Waals surface area contributed by atoms with Crippen LogP contribution in [0.3, 0.4) is 0 Å². The van der Waals surface area contributed by atoms with Gasteiger partial charge in [0.15, 0.2) is 0 Å². The van der Waals surface area contributed by atoms with Crippen molar-refractivity contribution in [1.29, 1.82) is 0 Å². The topological polar surface area (TPSA) is 29.9 Å². The zero-order valence-electron chi connectivity index (χ0n) is 9.79. The molecule has 1 aromatic rings. The Kier molecular flexibility index (Phi) is 3.10. The van der Waals surface area contributed by atoms with Gasteiger partial charge in [0.2, 0.25) is 0 Å². The molecule has 1 unspecified atom stereocenters. The monoisotopic (exact) mass is 207 g/mol. The summed E-state index contributed by atoms with van der Waals surface area (Å²) in [5.41, 5.74) is 1.60. The highest BCUT2D eigenvalue weighted by Crippen LogP contribution is 2.34. The Balaban J connectivity index is 2.23. The highest BCUT2D eigenvalue weighted by atomic mass is 15.3. The third-order valence-electron chi connectivity index (χ3n) is 3.43. The average Bonchev–Trinajstić information content (AvgIpc) is 2.85. The molecule has 2 rings (SSSR count). The van der Waals surface area contributed by atoms with Gasteiger partial charge in [-0.1, -0.05) is 13.3 Å². The molecule has 1 fully saturated rings. The van der Waals surface area contributed by atoms with E-state index in [0.29, 0.717) is 0 Å². The van der Waals surface area contributed by atoms with Crippen LogP contribution in [0.2, 0.25) is 0 Å². The number of hydrogen-bond acceptors (Lipinski definition) is 2. The predicted molar refractivity (Wildman–Crippen MR) is 61.7 cm³/mol. The number of nitrogens with one attached hydrogen (secondary N) is 1. The lowest BCUT2D eigenvalue weighted by Crippen LogP contribution is -2.36. The summed E-state index contributed by atoms with van der Waals surface area (Å²) in [4.78, 5) is 0. The summed E-state index contributed by atoms with van der Waals surface area (Å²) in [5, 5.41) is 8.05. The summed E-state index contributed by atoms with van der Waals surface area (Å²) < 4.78 is 2.02. The maximum absolute atomic E-state index is 4.38. The SMILES string of the molecule is CCCC1(c2cnn(CC)c2)CCCN1. The van der Waals surface area contributed by atoms with Crippen molar-refractivity contribution in [3.05, 3.63) is 18.0 Å². The Morgan fingerprint density at radius 1 is 1.53 bits per heavy atom. The third kappa shape index (κ3) is 1.93. The van der Waals surface area contributed by atoms with Crippen LogP contribution in [0.1, 0.15) is 45.1 Å². The summed E-state index contributed by atoms with van der Waals surface area (Å²) in [7, 11) is 0. The maximum Gasteiger partial charge on any atom is 0.0540 e. The summed E-state index contributed by atoms with van der Waals surface area (Å²) in [5.74, 6) is 0. The number of hydrogen-bond donors (Lipinski definition) is 1. The van der Waals surface area contributed by atoms with Crippen molar-refractivity contribution in [2.75, 3.05) is 6.54 Å². The van der Waals surface area contributed by atoms with Crippen LogP contribution in [0.25, 0.3) is 0 Å². The summed E-state index contributed by atoms with van der Waals surface area (Å²) in [6.07, 6.45) is 9.24. The molecule has 0 aromatic carbocycles. The molecule has 1 aromatic heterocycles. The second-order valence-electron chi connectivity index (χ2n) is 4.45. The Bertz CT molecular complexity index is 310. The van der Waals surface area contributed by atoms with Crippen LogP contribution < -0.4 is 5.32 Å². The van der Waals surface area contributed by atoms with E-state index >= 15 is 0 Å². The van der Waals surface area contributed by atoms with Gasteiger partial charge in [0.05, 0.1) is 6.20 Å². The largest absolute Gasteiger partial charge is 0.307 e. The Morgan fingerprint density at radius 3 is 2.93 bits per heavy atom. The molecule has 84 valence electrons. The average molecular weight is 207 g/mol. The van der Waals surface area contributed by atoms with Crippen molar-refractivity contribution < 1.29 is 0 Å². The third-order valence-corrected chi connectivity index (χ3v) is 3.43. The van der Waals surface area contributed by atoms with Gasteiger partial charge >= 0.3 is 0 Å². The highest BCUT2D eigenvalue weighted by Gasteiger charge is 2.35. The molecule has 0 bridgehead atoms. The highest BCUT2D eigenvalue weighted by molar-refractivity contribution is 5.20. The van der Waals surface area contributed by atoms with E-state index in [2.05, 4.69) is 30.5 Å². The van der Waals surface area contributed by atoms with Crippen LogP contribution in [0.5, 0.6) is 0 Å². The van der Waals surface area contributed by atoms with Gasteiger partial charge in [0.1, 0.15) is 0 Å². The Hall–Kier alpha value is -0.830. The van der Waals surface area contributed by atoms with E-state index in [-0.39, 0.29) is 5.54 Å². The minimum atomic E-state index is 0.224. The van der Waals surface area contributed by atoms with Gasteiger partial charge < -0.3 is 5.32 Å². The van der Waals surface area contributed by atoms with Gasteiger partial charge in [-0.3, -0.25) is 4.68 Å². The second kappa shape index (κ2) is 4.35. The van der Waals surface area contributed by atoms with Crippen LogP contribution in [0.15, 0.2) is 12.4 Å². The van der Waals surface area contributed by atoms with E-state index in [4.69, 9.17) is 0 Å². The molecule has 0 radical (unpaired) electrons. The number of aryl methyl sites for hydroxylation is 1. The minimum absolute atomic E-state index is 0.224. The van der Waals surface area contributed by atoms with Crippen molar-refractivity contribution in [3.8, 4) is 0 Å². The summed E-state index contributed by atoms with van der Waals surface area (Å²) in [6.45, 7) is 6.50. The zero-order valence-corrected chi connectivity index (χ0v) is 9.79. The summed E-state index contributed by atoms with van der Waals surface area (Å²) >= 11 is 0. The fraction of sp³-hybridized carbons (Fsp3) is 0.750. The smallest absolute Gasteiger partial charge is 0.0540 e. The van der Waals surface area contributed by atoms with E-state index in [1.54, 1.807) is 0 Å². The lowest BCUT2D eigenvalue weighted by molar-refractivity contribution is 0.355. The molecule has 0 spiro atoms. The number of aromatic nitrogens is 2. The molecule has 0 aliphatic carbocycles. The van der Waals surface area contributed by atoms with Gasteiger partial charge in [-0.25, -0.2) is 0 Å². The first kappa shape index (κ1) is 10.7. The molecule has 3 nitrogen and oxygen atoms in total. The molecular formula is C12H21N3. The molecule has 1 atom stereocenters. The standard InChI is InChI=1S/C12H21N3/c1-3-6-12(7-5-8-13-12)11-9-14-15(4-2)10-11/h9-10,13H,3-8H2,1-2H3. The van der Waals surface area contributed by atoms with Crippen molar-refractivity contribution in [2.45, 2.75) is 51.6 Å². The van der Waals surface area contributed by atoms with E-state index < -0.39 is 0 Å². The van der Waals surface area contributed by atoms with Gasteiger partial charge in [0.25, 0.3) is 0 Å². The van der Waals surface area contributed by atoms with Crippen molar-refractivity contribution in [1.82, 2.24) is 15.1 Å². The number of nitrogens with zero attached hydrogens (tertiary/aromatic N) is 2. The van der Waals surface area contributed by atoms with Crippen molar-refractivity contribution >= 4 is 0 Å². The lowest BCUT2D eigenvalue weighted by atomic mass is 9.86. The van der Waals surface area contributed by atoms with Gasteiger partial charge in [-0.2, -0.15) is 5.10 Å². The molecule has 0 amide bonds. The van der Waals surface area contributed by atoms with Crippen LogP contribution in [-0.2, 0) is 12.1 Å². The Morgan fingerprint density at radius 2 is 2.40 bits per heavy atom. The maximum atomic E-state index is 4.38. The molecule has 2 heterocycles. The molecule has 3 heteroatoms.